The van der Waals surface area contributed by atoms with Crippen LogP contribution in [-0.2, 0) is 6.42 Å². The minimum atomic E-state index is 0.236. The maximum absolute atomic E-state index is 6.14. The van der Waals surface area contributed by atoms with Crippen molar-refractivity contribution in [3.63, 3.8) is 0 Å². The Kier molecular flexibility index (Phi) is 5.25. The third-order valence-electron chi connectivity index (χ3n) is 3.14. The first-order valence-corrected chi connectivity index (χ1v) is 6.92. The van der Waals surface area contributed by atoms with E-state index in [4.69, 9.17) is 17.3 Å². The topological polar surface area (TPSA) is 38.0 Å². The van der Waals surface area contributed by atoms with Crippen molar-refractivity contribution < 1.29 is 0 Å². The molecule has 2 rings (SSSR count). The normalized spacial score (nSPS) is 12.1. The molecule has 0 radical (unpaired) electrons. The minimum Gasteiger partial charge on any atom is -0.380 e. The van der Waals surface area contributed by atoms with Gasteiger partial charge in [-0.15, -0.1) is 0 Å². The second-order valence-corrected chi connectivity index (χ2v) is 4.99. The van der Waals surface area contributed by atoms with E-state index in [9.17, 15) is 0 Å². The summed E-state index contributed by atoms with van der Waals surface area (Å²) in [6, 6.07) is 18.4. The van der Waals surface area contributed by atoms with Crippen LogP contribution in [0.4, 0.5) is 5.69 Å². The Hall–Kier alpha value is -1.51. The summed E-state index contributed by atoms with van der Waals surface area (Å²) in [6.45, 7) is 0.595. The highest BCUT2D eigenvalue weighted by molar-refractivity contribution is 6.33. The number of rotatable bonds is 6. The molecule has 0 saturated carbocycles. The second-order valence-electron chi connectivity index (χ2n) is 4.58. The lowest BCUT2D eigenvalue weighted by Crippen LogP contribution is -2.29. The first-order valence-electron chi connectivity index (χ1n) is 6.54. The molecular weight excluding hydrogens is 256 g/mol. The molecule has 19 heavy (non-hydrogen) atoms. The van der Waals surface area contributed by atoms with Crippen LogP contribution < -0.4 is 11.1 Å². The average molecular weight is 275 g/mol. The van der Waals surface area contributed by atoms with Crippen molar-refractivity contribution in [1.29, 1.82) is 0 Å². The highest BCUT2D eigenvalue weighted by Crippen LogP contribution is 2.22. The molecule has 2 nitrogen and oxygen atoms in total. The fourth-order valence-corrected chi connectivity index (χ4v) is 2.22. The zero-order chi connectivity index (χ0) is 13.5. The van der Waals surface area contributed by atoms with Crippen molar-refractivity contribution >= 4 is 17.3 Å². The van der Waals surface area contributed by atoms with E-state index in [-0.39, 0.29) is 6.04 Å². The van der Waals surface area contributed by atoms with Gasteiger partial charge in [0.15, 0.2) is 0 Å². The number of halogens is 1. The highest BCUT2D eigenvalue weighted by Gasteiger charge is 2.08. The molecule has 0 aliphatic heterocycles. The SMILES string of the molecule is NCC(CCc1ccccc1)Nc1ccccc1Cl. The van der Waals surface area contributed by atoms with Gasteiger partial charge in [-0.3, -0.25) is 0 Å². The van der Waals surface area contributed by atoms with Crippen LogP contribution in [0.5, 0.6) is 0 Å². The summed E-state index contributed by atoms with van der Waals surface area (Å²) in [6.07, 6.45) is 2.01. The van der Waals surface area contributed by atoms with Crippen molar-refractivity contribution in [1.82, 2.24) is 0 Å². The molecule has 2 aromatic carbocycles. The van der Waals surface area contributed by atoms with E-state index >= 15 is 0 Å². The van der Waals surface area contributed by atoms with E-state index in [1.807, 2.05) is 30.3 Å². The number of para-hydroxylation sites is 1. The maximum atomic E-state index is 6.14. The van der Waals surface area contributed by atoms with Crippen molar-refractivity contribution in [2.24, 2.45) is 5.73 Å². The number of nitrogens with two attached hydrogens (primary N) is 1. The molecule has 0 aliphatic carbocycles. The van der Waals surface area contributed by atoms with Crippen LogP contribution in [0.2, 0.25) is 5.02 Å². The Morgan fingerprint density at radius 1 is 1.00 bits per heavy atom. The second kappa shape index (κ2) is 7.17. The summed E-state index contributed by atoms with van der Waals surface area (Å²) >= 11 is 6.14. The number of hydrogen-bond donors (Lipinski definition) is 2. The quantitative estimate of drug-likeness (QED) is 0.843. The van der Waals surface area contributed by atoms with Crippen LogP contribution in [0.15, 0.2) is 54.6 Å². The lowest BCUT2D eigenvalue weighted by atomic mass is 10.1. The van der Waals surface area contributed by atoms with Gasteiger partial charge in [0.2, 0.25) is 0 Å². The van der Waals surface area contributed by atoms with Gasteiger partial charge in [0.05, 0.1) is 10.7 Å². The molecule has 0 bridgehead atoms. The summed E-state index contributed by atoms with van der Waals surface area (Å²) in [4.78, 5) is 0. The Balaban J connectivity index is 1.92. The number of benzene rings is 2. The van der Waals surface area contributed by atoms with Gasteiger partial charge in [-0.25, -0.2) is 0 Å². The number of hydrogen-bond acceptors (Lipinski definition) is 2. The summed E-state index contributed by atoms with van der Waals surface area (Å²) in [5.74, 6) is 0. The summed E-state index contributed by atoms with van der Waals surface area (Å²) in [5.41, 5.74) is 8.12. The molecular formula is C16H19ClN2. The number of aryl methyl sites for hydroxylation is 1. The van der Waals surface area contributed by atoms with E-state index < -0.39 is 0 Å². The predicted molar refractivity (Wildman–Crippen MR) is 82.7 cm³/mol. The van der Waals surface area contributed by atoms with Gasteiger partial charge in [0.25, 0.3) is 0 Å². The van der Waals surface area contributed by atoms with Gasteiger partial charge >= 0.3 is 0 Å². The summed E-state index contributed by atoms with van der Waals surface area (Å²) in [5, 5.41) is 4.15. The molecule has 2 aromatic rings. The van der Waals surface area contributed by atoms with E-state index in [1.54, 1.807) is 0 Å². The molecule has 0 spiro atoms. The average Bonchev–Trinajstić information content (AvgIpc) is 2.46. The molecule has 0 heterocycles. The van der Waals surface area contributed by atoms with Crippen molar-refractivity contribution in [3.8, 4) is 0 Å². The molecule has 1 atom stereocenters. The molecule has 3 N–H and O–H groups in total. The zero-order valence-corrected chi connectivity index (χ0v) is 11.6. The van der Waals surface area contributed by atoms with Gasteiger partial charge in [-0.05, 0) is 30.5 Å². The predicted octanol–water partition coefficient (Wildman–Crippen LogP) is 3.71. The zero-order valence-electron chi connectivity index (χ0n) is 10.9. The van der Waals surface area contributed by atoms with Crippen LogP contribution in [0.25, 0.3) is 0 Å². The lowest BCUT2D eigenvalue weighted by molar-refractivity contribution is 0.660. The third-order valence-corrected chi connectivity index (χ3v) is 3.47. The highest BCUT2D eigenvalue weighted by atomic mass is 35.5. The number of anilines is 1. The van der Waals surface area contributed by atoms with Gasteiger partial charge in [-0.2, -0.15) is 0 Å². The fraction of sp³-hybridized carbons (Fsp3) is 0.250. The first kappa shape index (κ1) is 13.9. The third kappa shape index (κ3) is 4.27. The number of nitrogens with one attached hydrogen (secondary N) is 1. The van der Waals surface area contributed by atoms with Crippen molar-refractivity contribution in [2.75, 3.05) is 11.9 Å². The monoisotopic (exact) mass is 274 g/mol. The maximum Gasteiger partial charge on any atom is 0.0637 e. The van der Waals surface area contributed by atoms with Gasteiger partial charge in [0.1, 0.15) is 0 Å². The molecule has 3 heteroatoms. The van der Waals surface area contributed by atoms with E-state index in [1.165, 1.54) is 5.56 Å². The summed E-state index contributed by atoms with van der Waals surface area (Å²) < 4.78 is 0. The Labute approximate surface area is 119 Å². The Morgan fingerprint density at radius 2 is 1.68 bits per heavy atom. The molecule has 1 unspecified atom stereocenters. The molecule has 0 aliphatic rings. The molecule has 0 aromatic heterocycles. The molecule has 0 saturated heterocycles. The standard InChI is InChI=1S/C16H19ClN2/c17-15-8-4-5-9-16(15)19-14(12-18)11-10-13-6-2-1-3-7-13/h1-9,14,19H,10-12,18H2. The fourth-order valence-electron chi connectivity index (χ4n) is 2.03. The molecule has 100 valence electrons. The van der Waals surface area contributed by atoms with Gasteiger partial charge in [0, 0.05) is 12.6 Å². The molecule has 0 amide bonds. The van der Waals surface area contributed by atoms with Crippen molar-refractivity contribution in [2.45, 2.75) is 18.9 Å². The first-order chi connectivity index (χ1) is 9.29. The Bertz CT molecular complexity index is 499. The van der Waals surface area contributed by atoms with Crippen LogP contribution >= 0.6 is 11.6 Å². The van der Waals surface area contributed by atoms with Crippen LogP contribution in [0.3, 0.4) is 0 Å². The van der Waals surface area contributed by atoms with E-state index in [0.29, 0.717) is 6.54 Å². The van der Waals surface area contributed by atoms with Crippen LogP contribution in [-0.4, -0.2) is 12.6 Å². The van der Waals surface area contributed by atoms with Crippen LogP contribution in [0, 0.1) is 0 Å². The van der Waals surface area contributed by atoms with E-state index in [2.05, 4.69) is 29.6 Å². The largest absolute Gasteiger partial charge is 0.380 e. The summed E-state index contributed by atoms with van der Waals surface area (Å²) in [7, 11) is 0. The van der Waals surface area contributed by atoms with Crippen LogP contribution in [0.1, 0.15) is 12.0 Å². The van der Waals surface area contributed by atoms with Gasteiger partial charge < -0.3 is 11.1 Å². The minimum absolute atomic E-state index is 0.236. The molecule has 0 fully saturated rings. The van der Waals surface area contributed by atoms with E-state index in [0.717, 1.165) is 23.6 Å². The van der Waals surface area contributed by atoms with Gasteiger partial charge in [-0.1, -0.05) is 54.1 Å². The Morgan fingerprint density at radius 3 is 2.37 bits per heavy atom. The smallest absolute Gasteiger partial charge is 0.0637 e. The van der Waals surface area contributed by atoms with Crippen molar-refractivity contribution in [3.05, 3.63) is 65.2 Å². The lowest BCUT2D eigenvalue weighted by Gasteiger charge is -2.19.